The molecule has 18 heavy (non-hydrogen) atoms. The molecule has 0 spiro atoms. The number of hydrogen-bond acceptors (Lipinski definition) is 3. The van der Waals surface area contributed by atoms with Gasteiger partial charge in [0.2, 0.25) is 5.91 Å². The molecule has 0 aliphatic heterocycles. The minimum atomic E-state index is -0.911. The van der Waals surface area contributed by atoms with Gasteiger partial charge in [-0.3, -0.25) is 9.59 Å². The van der Waals surface area contributed by atoms with Crippen molar-refractivity contribution in [2.24, 2.45) is 5.92 Å². The lowest BCUT2D eigenvalue weighted by molar-refractivity contribution is -0.138. The van der Waals surface area contributed by atoms with Crippen LogP contribution in [0.5, 0.6) is 0 Å². The number of anilines is 1. The summed E-state index contributed by atoms with van der Waals surface area (Å²) in [4.78, 5) is 26.1. The summed E-state index contributed by atoms with van der Waals surface area (Å²) in [6.45, 7) is 3.52. The molecule has 1 rings (SSSR count). The first kappa shape index (κ1) is 14.4. The molecule has 0 saturated carbocycles. The molecular weight excluding hydrogens is 256 g/mol. The first-order valence-electron chi connectivity index (χ1n) is 5.53. The van der Waals surface area contributed by atoms with Crippen LogP contribution in [0.15, 0.2) is 12.3 Å². The Hall–Kier alpha value is -1.62. The second kappa shape index (κ2) is 6.35. The molecule has 0 bridgehead atoms. The van der Waals surface area contributed by atoms with Crippen LogP contribution in [0.2, 0.25) is 5.15 Å². The van der Waals surface area contributed by atoms with Gasteiger partial charge in [0.05, 0.1) is 5.69 Å². The fourth-order valence-electron chi connectivity index (χ4n) is 1.55. The Morgan fingerprint density at radius 1 is 1.50 bits per heavy atom. The van der Waals surface area contributed by atoms with Crippen LogP contribution in [0.1, 0.15) is 25.3 Å². The standard InChI is InChI=1S/C12H15ClN2O3/c1-7(6-10(17)18)5-9(16)15-11-8(2)3-4-14-12(11)13/h3-4,7H,5-6H2,1-2H3,(H,15,16)(H,17,18). The van der Waals surface area contributed by atoms with Gasteiger partial charge < -0.3 is 10.4 Å². The van der Waals surface area contributed by atoms with Crippen molar-refractivity contribution >= 4 is 29.2 Å². The number of pyridine rings is 1. The van der Waals surface area contributed by atoms with Crippen molar-refractivity contribution in [3.63, 3.8) is 0 Å². The zero-order chi connectivity index (χ0) is 13.7. The van der Waals surface area contributed by atoms with E-state index in [-0.39, 0.29) is 29.8 Å². The average Bonchev–Trinajstić information content (AvgIpc) is 2.22. The molecule has 1 amide bonds. The number of carboxylic acids is 1. The highest BCUT2D eigenvalue weighted by Gasteiger charge is 2.14. The highest BCUT2D eigenvalue weighted by atomic mass is 35.5. The Balaban J connectivity index is 2.62. The number of carbonyl (C=O) groups is 2. The summed E-state index contributed by atoms with van der Waals surface area (Å²) in [5.74, 6) is -1.40. The zero-order valence-electron chi connectivity index (χ0n) is 10.2. The van der Waals surface area contributed by atoms with E-state index in [1.165, 1.54) is 0 Å². The van der Waals surface area contributed by atoms with Crippen LogP contribution in [-0.4, -0.2) is 22.0 Å². The zero-order valence-corrected chi connectivity index (χ0v) is 11.0. The summed E-state index contributed by atoms with van der Waals surface area (Å²) in [6.07, 6.45) is 1.66. The summed E-state index contributed by atoms with van der Waals surface area (Å²) in [5.41, 5.74) is 1.29. The van der Waals surface area contributed by atoms with E-state index in [9.17, 15) is 9.59 Å². The number of amides is 1. The molecule has 1 atom stereocenters. The van der Waals surface area contributed by atoms with E-state index < -0.39 is 5.97 Å². The molecule has 0 aliphatic rings. The van der Waals surface area contributed by atoms with Crippen LogP contribution >= 0.6 is 11.6 Å². The fourth-order valence-corrected chi connectivity index (χ4v) is 1.81. The number of nitrogens with zero attached hydrogens (tertiary/aromatic N) is 1. The maximum Gasteiger partial charge on any atom is 0.303 e. The lowest BCUT2D eigenvalue weighted by atomic mass is 10.0. The van der Waals surface area contributed by atoms with E-state index in [0.29, 0.717) is 5.69 Å². The molecule has 0 saturated heterocycles. The molecule has 1 unspecified atom stereocenters. The summed E-state index contributed by atoms with van der Waals surface area (Å²) in [6, 6.07) is 1.74. The van der Waals surface area contributed by atoms with Crippen LogP contribution in [0.4, 0.5) is 5.69 Å². The molecule has 0 fully saturated rings. The number of nitrogens with one attached hydrogen (secondary N) is 1. The fraction of sp³-hybridized carbons (Fsp3) is 0.417. The van der Waals surface area contributed by atoms with Crippen molar-refractivity contribution in [3.8, 4) is 0 Å². The van der Waals surface area contributed by atoms with E-state index in [1.807, 2.05) is 6.92 Å². The number of aromatic nitrogens is 1. The SMILES string of the molecule is Cc1ccnc(Cl)c1NC(=O)CC(C)CC(=O)O. The van der Waals surface area contributed by atoms with Gasteiger partial charge in [0.25, 0.3) is 0 Å². The summed E-state index contributed by atoms with van der Waals surface area (Å²) >= 11 is 5.87. The second-order valence-corrected chi connectivity index (χ2v) is 4.61. The van der Waals surface area contributed by atoms with E-state index in [0.717, 1.165) is 5.56 Å². The number of carboxylic acid groups (broad SMARTS) is 1. The highest BCUT2D eigenvalue weighted by Crippen LogP contribution is 2.23. The smallest absolute Gasteiger partial charge is 0.303 e. The van der Waals surface area contributed by atoms with E-state index in [4.69, 9.17) is 16.7 Å². The maximum absolute atomic E-state index is 11.7. The molecule has 5 nitrogen and oxygen atoms in total. The molecule has 0 aromatic carbocycles. The van der Waals surface area contributed by atoms with Crippen molar-refractivity contribution in [1.82, 2.24) is 4.98 Å². The van der Waals surface area contributed by atoms with E-state index >= 15 is 0 Å². The Morgan fingerprint density at radius 3 is 2.72 bits per heavy atom. The predicted octanol–water partition coefficient (Wildman–Crippen LogP) is 2.48. The van der Waals surface area contributed by atoms with E-state index in [1.54, 1.807) is 19.2 Å². The maximum atomic E-state index is 11.7. The average molecular weight is 271 g/mol. The van der Waals surface area contributed by atoms with Gasteiger partial charge in [0.1, 0.15) is 0 Å². The number of rotatable bonds is 5. The third kappa shape index (κ3) is 4.33. The third-order valence-corrected chi connectivity index (χ3v) is 2.72. The molecule has 1 aromatic heterocycles. The van der Waals surface area contributed by atoms with Gasteiger partial charge in [-0.25, -0.2) is 4.98 Å². The van der Waals surface area contributed by atoms with Gasteiger partial charge in [-0.15, -0.1) is 0 Å². The highest BCUT2D eigenvalue weighted by molar-refractivity contribution is 6.32. The number of hydrogen-bond donors (Lipinski definition) is 2. The predicted molar refractivity (Wildman–Crippen MR) is 68.6 cm³/mol. The Kier molecular flexibility index (Phi) is 5.09. The summed E-state index contributed by atoms with van der Waals surface area (Å²) in [5, 5.41) is 11.5. The normalized spacial score (nSPS) is 11.9. The number of halogens is 1. The van der Waals surface area contributed by atoms with Crippen molar-refractivity contribution in [2.75, 3.05) is 5.32 Å². The van der Waals surface area contributed by atoms with E-state index in [2.05, 4.69) is 10.3 Å². The van der Waals surface area contributed by atoms with Crippen LogP contribution in [-0.2, 0) is 9.59 Å². The molecule has 0 radical (unpaired) electrons. The van der Waals surface area contributed by atoms with Crippen molar-refractivity contribution in [2.45, 2.75) is 26.7 Å². The molecule has 2 N–H and O–H groups in total. The van der Waals surface area contributed by atoms with Crippen LogP contribution in [0.25, 0.3) is 0 Å². The van der Waals surface area contributed by atoms with Crippen LogP contribution in [0.3, 0.4) is 0 Å². The van der Waals surface area contributed by atoms with Gasteiger partial charge in [0, 0.05) is 19.0 Å². The number of aliphatic carboxylic acids is 1. The first-order chi connectivity index (χ1) is 8.40. The summed E-state index contributed by atoms with van der Waals surface area (Å²) in [7, 11) is 0. The van der Waals surface area contributed by atoms with Crippen LogP contribution < -0.4 is 5.32 Å². The summed E-state index contributed by atoms with van der Waals surface area (Å²) < 4.78 is 0. The lowest BCUT2D eigenvalue weighted by Gasteiger charge is -2.11. The monoisotopic (exact) mass is 270 g/mol. The minimum Gasteiger partial charge on any atom is -0.481 e. The Bertz CT molecular complexity index is 442. The van der Waals surface area contributed by atoms with Gasteiger partial charge in [-0.2, -0.15) is 0 Å². The third-order valence-electron chi connectivity index (χ3n) is 2.43. The molecule has 1 heterocycles. The molecular formula is C12H15ClN2O3. The number of aryl methyl sites for hydroxylation is 1. The largest absolute Gasteiger partial charge is 0.481 e. The Morgan fingerprint density at radius 2 is 2.17 bits per heavy atom. The topological polar surface area (TPSA) is 79.3 Å². The van der Waals surface area contributed by atoms with Gasteiger partial charge >= 0.3 is 5.97 Å². The number of carbonyl (C=O) groups excluding carboxylic acids is 1. The first-order valence-corrected chi connectivity index (χ1v) is 5.90. The lowest BCUT2D eigenvalue weighted by Crippen LogP contribution is -2.17. The quantitative estimate of drug-likeness (QED) is 0.806. The van der Waals surface area contributed by atoms with Crippen molar-refractivity contribution in [3.05, 3.63) is 23.0 Å². The molecule has 98 valence electrons. The molecule has 6 heteroatoms. The van der Waals surface area contributed by atoms with Gasteiger partial charge in [0.15, 0.2) is 5.15 Å². The molecule has 0 aliphatic carbocycles. The van der Waals surface area contributed by atoms with Crippen LogP contribution in [0, 0.1) is 12.8 Å². The Labute approximate surface area is 110 Å². The van der Waals surface area contributed by atoms with Crippen molar-refractivity contribution in [1.29, 1.82) is 0 Å². The second-order valence-electron chi connectivity index (χ2n) is 4.25. The minimum absolute atomic E-state index is 0.0345. The van der Waals surface area contributed by atoms with Gasteiger partial charge in [-0.1, -0.05) is 18.5 Å². The molecule has 1 aromatic rings. The van der Waals surface area contributed by atoms with Gasteiger partial charge in [-0.05, 0) is 24.5 Å². The van der Waals surface area contributed by atoms with Crippen molar-refractivity contribution < 1.29 is 14.7 Å².